The van der Waals surface area contributed by atoms with Crippen molar-refractivity contribution in [1.82, 2.24) is 33.6 Å². The van der Waals surface area contributed by atoms with E-state index in [9.17, 15) is 0 Å². The standard InChI is InChI=1S/C51H33N7O2/c1-32-30-54-51(55-31-32)58-47-28-35(59-33-16-20-39-37-10-2-4-12-43(37)56(45(39)26-33)49-14-6-8-24-52-49)18-22-41(47)42-23-19-36(29-48(42)58)60-34-17-21-40-38-11-3-5-13-44(38)57(46(40)27-34)50-15-7-9-25-53-50/h2-31H,1H3/i30D,31D. The molecule has 0 aliphatic rings. The number of rotatable bonds is 7. The minimum atomic E-state index is -0.0111. The van der Waals surface area contributed by atoms with Gasteiger partial charge in [-0.15, -0.1) is 0 Å². The molecule has 6 heterocycles. The first-order valence-electron chi connectivity index (χ1n) is 20.6. The molecule has 9 heteroatoms. The maximum absolute atomic E-state index is 8.63. The average molecular weight is 778 g/mol. The molecule has 0 N–H and O–H groups in total. The van der Waals surface area contributed by atoms with Gasteiger partial charge in [-0.25, -0.2) is 19.9 Å². The minimum absolute atomic E-state index is 0.0111. The maximum Gasteiger partial charge on any atom is 0.234 e. The maximum atomic E-state index is 8.63. The number of nitrogens with zero attached hydrogens (tertiary/aromatic N) is 7. The normalized spacial score (nSPS) is 12.2. The third kappa shape index (κ3) is 5.40. The highest BCUT2D eigenvalue weighted by molar-refractivity contribution is 6.11. The van der Waals surface area contributed by atoms with E-state index in [0.29, 0.717) is 28.6 Å². The number of pyridine rings is 2. The molecule has 0 spiro atoms. The number of hydrogen-bond acceptors (Lipinski definition) is 6. The van der Waals surface area contributed by atoms with Crippen LogP contribution in [0.1, 0.15) is 8.30 Å². The quantitative estimate of drug-likeness (QED) is 0.160. The number of aromatic nitrogens is 7. The predicted molar refractivity (Wildman–Crippen MR) is 238 cm³/mol. The van der Waals surface area contributed by atoms with Crippen LogP contribution in [0.25, 0.3) is 83.0 Å². The van der Waals surface area contributed by atoms with Crippen LogP contribution in [0.5, 0.6) is 23.0 Å². The van der Waals surface area contributed by atoms with Crippen molar-refractivity contribution in [3.05, 3.63) is 188 Å². The van der Waals surface area contributed by atoms with Gasteiger partial charge in [0.15, 0.2) is 0 Å². The molecule has 0 aliphatic heterocycles. The van der Waals surface area contributed by atoms with Crippen molar-refractivity contribution in [2.75, 3.05) is 0 Å². The Hall–Kier alpha value is -8.30. The Kier molecular flexibility index (Phi) is 7.09. The largest absolute Gasteiger partial charge is 0.457 e. The van der Waals surface area contributed by atoms with Crippen LogP contribution in [-0.4, -0.2) is 33.6 Å². The van der Waals surface area contributed by atoms with E-state index in [0.717, 1.165) is 77.1 Å². The molecule has 0 saturated heterocycles. The second-order valence-corrected chi connectivity index (χ2v) is 14.7. The van der Waals surface area contributed by atoms with Crippen LogP contribution in [0, 0.1) is 6.92 Å². The fraction of sp³-hybridized carbons (Fsp3) is 0.0196. The van der Waals surface area contributed by atoms with E-state index in [4.69, 9.17) is 12.2 Å². The number of fused-ring (bicyclic) bond motifs is 9. The molecule has 0 bridgehead atoms. The van der Waals surface area contributed by atoms with E-state index in [1.807, 2.05) is 126 Å². The molecule has 12 rings (SSSR count). The van der Waals surface area contributed by atoms with Crippen molar-refractivity contribution in [2.45, 2.75) is 6.92 Å². The van der Waals surface area contributed by atoms with E-state index >= 15 is 0 Å². The summed E-state index contributed by atoms with van der Waals surface area (Å²) in [6.45, 7) is 1.69. The molecule has 0 fully saturated rings. The number of hydrogen-bond donors (Lipinski definition) is 0. The van der Waals surface area contributed by atoms with Crippen LogP contribution in [0.2, 0.25) is 0 Å². The van der Waals surface area contributed by atoms with Gasteiger partial charge in [0.05, 0.1) is 35.8 Å². The first-order chi connectivity index (χ1) is 30.5. The molecule has 0 atom stereocenters. The number of para-hydroxylation sites is 2. The van der Waals surface area contributed by atoms with E-state index in [2.05, 4.69) is 65.5 Å². The highest BCUT2D eigenvalue weighted by atomic mass is 16.5. The minimum Gasteiger partial charge on any atom is -0.457 e. The zero-order chi connectivity index (χ0) is 41.5. The fourth-order valence-electron chi connectivity index (χ4n) is 8.50. The van der Waals surface area contributed by atoms with Crippen molar-refractivity contribution >= 4 is 65.4 Å². The summed E-state index contributed by atoms with van der Waals surface area (Å²) in [7, 11) is 0. The second-order valence-electron chi connectivity index (χ2n) is 14.7. The Balaban J connectivity index is 0.979. The molecule has 284 valence electrons. The van der Waals surface area contributed by atoms with E-state index in [-0.39, 0.29) is 18.3 Å². The molecule has 9 nitrogen and oxygen atoms in total. The molecule has 0 aliphatic carbocycles. The lowest BCUT2D eigenvalue weighted by Gasteiger charge is -2.11. The second kappa shape index (κ2) is 13.4. The summed E-state index contributed by atoms with van der Waals surface area (Å²) in [5.74, 6) is 4.35. The SMILES string of the molecule is [2H]c1nc(-n2c3cc(Oc4ccc5c6ccccc6n(-c6ccccn6)c5c4)ccc3c3ccc(Oc4ccc5c6ccccc6n(-c6ccccn6)c5c4)cc32)nc([2H])c1C. The van der Waals surface area contributed by atoms with Crippen LogP contribution >= 0.6 is 0 Å². The van der Waals surface area contributed by atoms with Gasteiger partial charge in [0.2, 0.25) is 5.95 Å². The van der Waals surface area contributed by atoms with Gasteiger partial charge in [0, 0.05) is 81.3 Å². The summed E-state index contributed by atoms with van der Waals surface area (Å²) in [6, 6.07) is 52.5. The van der Waals surface area contributed by atoms with Gasteiger partial charge < -0.3 is 9.47 Å². The molecule has 0 amide bonds. The first-order valence-corrected chi connectivity index (χ1v) is 19.6. The predicted octanol–water partition coefficient (Wildman–Crippen LogP) is 12.5. The third-order valence-electron chi connectivity index (χ3n) is 11.1. The van der Waals surface area contributed by atoms with Gasteiger partial charge in [0.25, 0.3) is 0 Å². The zero-order valence-electron chi connectivity index (χ0n) is 34.1. The van der Waals surface area contributed by atoms with Crippen molar-refractivity contribution in [2.24, 2.45) is 0 Å². The van der Waals surface area contributed by atoms with Gasteiger partial charge in [0.1, 0.15) is 34.6 Å². The van der Waals surface area contributed by atoms with Gasteiger partial charge in [-0.05, 0) is 97.4 Å². The Morgan fingerprint density at radius 1 is 0.383 bits per heavy atom. The molecule has 6 aromatic heterocycles. The van der Waals surface area contributed by atoms with E-state index in [1.54, 1.807) is 19.3 Å². The van der Waals surface area contributed by atoms with Crippen LogP contribution in [0.4, 0.5) is 0 Å². The molecule has 0 unspecified atom stereocenters. The highest BCUT2D eigenvalue weighted by Crippen LogP contribution is 2.40. The third-order valence-corrected chi connectivity index (χ3v) is 11.1. The smallest absolute Gasteiger partial charge is 0.234 e. The highest BCUT2D eigenvalue weighted by Gasteiger charge is 2.19. The summed E-state index contributed by atoms with van der Waals surface area (Å²) in [5, 5.41) is 6.29. The molecular weight excluding hydrogens is 743 g/mol. The lowest BCUT2D eigenvalue weighted by Crippen LogP contribution is -2.01. The molecule has 0 saturated carbocycles. The first kappa shape index (κ1) is 31.7. The van der Waals surface area contributed by atoms with Crippen molar-refractivity contribution in [3.63, 3.8) is 0 Å². The van der Waals surface area contributed by atoms with Gasteiger partial charge >= 0.3 is 0 Å². The van der Waals surface area contributed by atoms with Gasteiger partial charge in [-0.3, -0.25) is 13.7 Å². The number of ether oxygens (including phenoxy) is 2. The fourth-order valence-corrected chi connectivity index (χ4v) is 8.50. The Bertz CT molecular complexity index is 3510. The van der Waals surface area contributed by atoms with Crippen molar-refractivity contribution in [3.8, 4) is 40.6 Å². The molecule has 0 radical (unpaired) electrons. The topological polar surface area (TPSA) is 84.8 Å². The molecular formula is C51H33N7O2. The lowest BCUT2D eigenvalue weighted by molar-refractivity contribution is 0.484. The summed E-state index contributed by atoms with van der Waals surface area (Å²) in [6.07, 6.45) is 3.58. The summed E-state index contributed by atoms with van der Waals surface area (Å²) in [4.78, 5) is 18.5. The molecule has 60 heavy (non-hydrogen) atoms. The van der Waals surface area contributed by atoms with Crippen molar-refractivity contribution in [1.29, 1.82) is 0 Å². The average Bonchev–Trinajstić information content (AvgIpc) is 3.93. The summed E-state index contributed by atoms with van der Waals surface area (Å²) < 4.78 is 36.7. The molecule has 12 aromatic rings. The Morgan fingerprint density at radius 2 is 0.750 bits per heavy atom. The van der Waals surface area contributed by atoms with Crippen LogP contribution < -0.4 is 9.47 Å². The Morgan fingerprint density at radius 3 is 1.15 bits per heavy atom. The van der Waals surface area contributed by atoms with Gasteiger partial charge in [-0.1, -0.05) is 48.5 Å². The monoisotopic (exact) mass is 777 g/mol. The van der Waals surface area contributed by atoms with Crippen LogP contribution in [-0.2, 0) is 0 Å². The van der Waals surface area contributed by atoms with Crippen LogP contribution in [0.3, 0.4) is 0 Å². The molecule has 6 aromatic carbocycles. The Labute approximate surface area is 345 Å². The number of benzene rings is 6. The van der Waals surface area contributed by atoms with E-state index < -0.39 is 0 Å². The lowest BCUT2D eigenvalue weighted by atomic mass is 10.1. The van der Waals surface area contributed by atoms with E-state index in [1.165, 1.54) is 0 Å². The summed E-state index contributed by atoms with van der Waals surface area (Å²) in [5.41, 5.74) is 5.97. The van der Waals surface area contributed by atoms with Crippen LogP contribution in [0.15, 0.2) is 182 Å². The summed E-state index contributed by atoms with van der Waals surface area (Å²) >= 11 is 0. The van der Waals surface area contributed by atoms with Gasteiger partial charge in [-0.2, -0.15) is 0 Å². The zero-order valence-corrected chi connectivity index (χ0v) is 32.1. The van der Waals surface area contributed by atoms with Crippen molar-refractivity contribution < 1.29 is 12.2 Å².